The molecule has 0 aromatic heterocycles. The summed E-state index contributed by atoms with van der Waals surface area (Å²) in [5.74, 6) is -0.249. The maximum Gasteiger partial charge on any atom is 2.00 e. The molecule has 2 aromatic carbocycles. The van der Waals surface area contributed by atoms with Crippen molar-refractivity contribution in [2.24, 2.45) is 11.1 Å². The van der Waals surface area contributed by atoms with E-state index in [4.69, 9.17) is 5.73 Å². The molecule has 8 heteroatoms. The van der Waals surface area contributed by atoms with Gasteiger partial charge in [-0.15, -0.1) is 0 Å². The van der Waals surface area contributed by atoms with Crippen LogP contribution in [-0.4, -0.2) is 50.1 Å². The summed E-state index contributed by atoms with van der Waals surface area (Å²) >= 11 is 0. The van der Waals surface area contributed by atoms with E-state index in [-0.39, 0.29) is 64.7 Å². The number of fused-ring (bicyclic) bond motifs is 3. The second-order valence-electron chi connectivity index (χ2n) is 8.04. The van der Waals surface area contributed by atoms with Crippen LogP contribution in [-0.2, 0) is 6.42 Å². The van der Waals surface area contributed by atoms with E-state index in [1.165, 1.54) is 51.0 Å². The van der Waals surface area contributed by atoms with E-state index in [1.54, 1.807) is 43.4 Å². The number of amides is 3. The van der Waals surface area contributed by atoms with E-state index in [1.807, 2.05) is 0 Å². The van der Waals surface area contributed by atoms with Crippen LogP contribution in [0.3, 0.4) is 0 Å². The summed E-state index contributed by atoms with van der Waals surface area (Å²) in [7, 11) is 1.61. The number of rotatable bonds is 4. The van der Waals surface area contributed by atoms with E-state index < -0.39 is 0 Å². The minimum Gasteiger partial charge on any atom is -0.357 e. The van der Waals surface area contributed by atoms with Crippen molar-refractivity contribution in [1.82, 2.24) is 15.5 Å². The summed E-state index contributed by atoms with van der Waals surface area (Å²) < 4.78 is 11.9. The molecule has 0 unspecified atom stereocenters. The molecule has 2 aromatic rings. The van der Waals surface area contributed by atoms with Gasteiger partial charge in [-0.2, -0.15) is 36.2 Å². The molecule has 0 radical (unpaired) electrons. The Morgan fingerprint density at radius 2 is 1.76 bits per heavy atom. The largest absolute Gasteiger partial charge is 2.00 e. The van der Waals surface area contributed by atoms with Crippen molar-refractivity contribution in [1.29, 1.82) is 0 Å². The molecular formula is C25H33FN4O2Yb. The van der Waals surface area contributed by atoms with Gasteiger partial charge in [-0.3, -0.25) is 4.79 Å². The van der Waals surface area contributed by atoms with E-state index in [9.17, 15) is 14.0 Å². The maximum atomic E-state index is 11.9. The smallest absolute Gasteiger partial charge is 0.357 e. The second-order valence-corrected chi connectivity index (χ2v) is 8.04. The van der Waals surface area contributed by atoms with Crippen molar-refractivity contribution in [3.8, 4) is 0 Å². The third-order valence-electron chi connectivity index (χ3n) is 5.87. The van der Waals surface area contributed by atoms with Crippen molar-refractivity contribution in [3.63, 3.8) is 0 Å². The summed E-state index contributed by atoms with van der Waals surface area (Å²) in [5, 5.41) is 5.31. The molecule has 4 N–H and O–H groups in total. The first-order valence-electron chi connectivity index (χ1n) is 10.9. The number of halogens is 1. The molecule has 2 bridgehead atoms. The van der Waals surface area contributed by atoms with Crippen LogP contribution in [0.15, 0.2) is 48.5 Å². The van der Waals surface area contributed by atoms with Crippen LogP contribution in [0.2, 0.25) is 0 Å². The molecule has 3 saturated heterocycles. The third-order valence-corrected chi connectivity index (χ3v) is 5.87. The Hall–Kier alpha value is -1.41. The molecular weight excluding hydrogens is 580 g/mol. The second kappa shape index (κ2) is 15.5. The van der Waals surface area contributed by atoms with E-state index in [0.717, 1.165) is 12.1 Å². The molecule has 6 nitrogen and oxygen atoms in total. The monoisotopic (exact) mass is 614 g/mol. The number of hydrogen-bond donors (Lipinski definition) is 3. The standard InChI is InChI=1S/C10H11NO.C9H17N3O.C6H5F.Yb/c1-3-8-5-4-6-9(7-8)10(12)11-2;10-8(13)11-7-9-1-4-12(5-2-9)6-3-9;7-6-4-2-1-3-5-6;/h4,6-7H,1,3H2,2H3,(H,11,12);1-7H2,(H3,10,11,13);1-5H;/q-2;;;+2. The van der Waals surface area contributed by atoms with Crippen LogP contribution in [0, 0.1) is 71.1 Å². The molecule has 3 aliphatic heterocycles. The number of carbonyl (C=O) groups is 2. The summed E-state index contributed by atoms with van der Waals surface area (Å²) in [4.78, 5) is 24.2. The van der Waals surface area contributed by atoms with Crippen molar-refractivity contribution < 1.29 is 60.9 Å². The Labute approximate surface area is 235 Å². The fourth-order valence-corrected chi connectivity index (χ4v) is 3.80. The first-order valence-corrected chi connectivity index (χ1v) is 10.9. The molecule has 33 heavy (non-hydrogen) atoms. The van der Waals surface area contributed by atoms with Gasteiger partial charge < -0.3 is 28.2 Å². The minimum atomic E-state index is -0.387. The number of urea groups is 1. The minimum absolute atomic E-state index is 0. The SMILES string of the molecule is Fc1ccccc1.NC(=O)NCC12CCN(CC1)CC2.[CH2-]Cc1[c-]ccc(C(=O)NC)c1.[Yb+2]. The van der Waals surface area contributed by atoms with Gasteiger partial charge in [0.15, 0.2) is 0 Å². The van der Waals surface area contributed by atoms with E-state index in [0.29, 0.717) is 17.4 Å². The number of nitrogens with zero attached hydrogens (tertiary/aromatic N) is 1. The Balaban J connectivity index is 0.000000254. The Kier molecular flexibility index (Phi) is 13.9. The number of primary amides is 1. The van der Waals surface area contributed by atoms with Gasteiger partial charge in [0.05, 0.1) is 0 Å². The molecule has 0 saturated carbocycles. The number of hydrogen-bond acceptors (Lipinski definition) is 3. The Bertz CT molecular complexity index is 845. The molecule has 3 aliphatic rings. The summed E-state index contributed by atoms with van der Waals surface area (Å²) in [6.07, 6.45) is 4.30. The normalized spacial score (nSPS) is 20.0. The van der Waals surface area contributed by atoms with Gasteiger partial charge in [-0.1, -0.05) is 23.8 Å². The number of nitrogens with one attached hydrogen (secondary N) is 2. The van der Waals surface area contributed by atoms with Crippen LogP contribution in [0.4, 0.5) is 9.18 Å². The van der Waals surface area contributed by atoms with Crippen LogP contribution < -0.4 is 16.4 Å². The molecule has 0 spiro atoms. The molecule has 3 heterocycles. The molecule has 3 fully saturated rings. The molecule has 186 valence electrons. The van der Waals surface area contributed by atoms with Crippen molar-refractivity contribution in [2.45, 2.75) is 25.7 Å². The van der Waals surface area contributed by atoms with Gasteiger partial charge in [0.2, 0.25) is 5.91 Å². The third kappa shape index (κ3) is 10.6. The van der Waals surface area contributed by atoms with Crippen LogP contribution in [0.5, 0.6) is 0 Å². The molecule has 0 aliphatic carbocycles. The number of nitrogens with two attached hydrogens (primary N) is 1. The summed E-state index contributed by atoms with van der Waals surface area (Å²) in [6.45, 7) is 8.08. The zero-order chi connectivity index (χ0) is 23.4. The first-order chi connectivity index (χ1) is 15.4. The topological polar surface area (TPSA) is 87.5 Å². The maximum absolute atomic E-state index is 11.9. The van der Waals surface area contributed by atoms with Gasteiger partial charge in [0.1, 0.15) is 5.82 Å². The fourth-order valence-electron chi connectivity index (χ4n) is 3.80. The van der Waals surface area contributed by atoms with E-state index in [2.05, 4.69) is 28.5 Å². The van der Waals surface area contributed by atoms with Crippen LogP contribution in [0.25, 0.3) is 0 Å². The van der Waals surface area contributed by atoms with Gasteiger partial charge in [0, 0.05) is 13.6 Å². The van der Waals surface area contributed by atoms with Crippen LogP contribution in [0.1, 0.15) is 35.2 Å². The van der Waals surface area contributed by atoms with Crippen LogP contribution >= 0.6 is 0 Å². The van der Waals surface area contributed by atoms with Crippen molar-refractivity contribution in [3.05, 3.63) is 78.5 Å². The van der Waals surface area contributed by atoms with Gasteiger partial charge >= 0.3 is 53.0 Å². The predicted octanol–water partition coefficient (Wildman–Crippen LogP) is 3.19. The predicted molar refractivity (Wildman–Crippen MR) is 124 cm³/mol. The summed E-state index contributed by atoms with van der Waals surface area (Å²) in [6, 6.07) is 15.8. The van der Waals surface area contributed by atoms with Gasteiger partial charge in [-0.25, -0.2) is 9.18 Å². The average Bonchev–Trinajstić information content (AvgIpc) is 2.85. The first kappa shape index (κ1) is 29.6. The molecule has 3 amide bonds. The summed E-state index contributed by atoms with van der Waals surface area (Å²) in [5.41, 5.74) is 7.06. The molecule has 5 rings (SSSR count). The van der Waals surface area contributed by atoms with Gasteiger partial charge in [0.25, 0.3) is 0 Å². The average molecular weight is 614 g/mol. The number of carbonyl (C=O) groups excluding carboxylic acids is 2. The Morgan fingerprint density at radius 1 is 1.15 bits per heavy atom. The van der Waals surface area contributed by atoms with Crippen molar-refractivity contribution in [2.75, 3.05) is 33.2 Å². The number of benzene rings is 2. The van der Waals surface area contributed by atoms with Gasteiger partial charge in [-0.05, 0) is 56.4 Å². The molecule has 0 atom stereocenters. The fraction of sp³-hybridized carbons (Fsp3) is 0.400. The quantitative estimate of drug-likeness (QED) is 0.464. The number of piperidine rings is 3. The van der Waals surface area contributed by atoms with E-state index >= 15 is 0 Å². The zero-order valence-corrected chi connectivity index (χ0v) is 20.7. The van der Waals surface area contributed by atoms with Crippen molar-refractivity contribution >= 4 is 11.9 Å². The zero-order valence-electron chi connectivity index (χ0n) is 19.0. The Morgan fingerprint density at radius 3 is 2.21 bits per heavy atom.